The molecule has 4 heteroatoms. The number of fused-ring (bicyclic) bond motifs is 3. The predicted molar refractivity (Wildman–Crippen MR) is 115 cm³/mol. The Morgan fingerprint density at radius 2 is 1.74 bits per heavy atom. The average Bonchev–Trinajstić information content (AvgIpc) is 3.06. The lowest BCUT2D eigenvalue weighted by Gasteiger charge is -2.09. The Labute approximate surface area is 166 Å². The lowest BCUT2D eigenvalue weighted by molar-refractivity contribution is -0.136. The SMILES string of the molecule is CCOC(=O)/C(=C\c1cccc2c1sc1ccccc12)c1ccccc1Cl. The van der Waals surface area contributed by atoms with Gasteiger partial charge in [-0.05, 0) is 30.7 Å². The molecular formula is C23H17ClO2S. The van der Waals surface area contributed by atoms with E-state index in [1.165, 1.54) is 15.5 Å². The third-order valence-corrected chi connectivity index (χ3v) is 5.96. The third kappa shape index (κ3) is 3.36. The van der Waals surface area contributed by atoms with Crippen LogP contribution in [0.3, 0.4) is 0 Å². The van der Waals surface area contributed by atoms with Crippen molar-refractivity contribution < 1.29 is 9.53 Å². The Balaban J connectivity index is 1.95. The van der Waals surface area contributed by atoms with Gasteiger partial charge in [0.2, 0.25) is 0 Å². The van der Waals surface area contributed by atoms with Crippen LogP contribution in [-0.4, -0.2) is 12.6 Å². The van der Waals surface area contributed by atoms with E-state index in [0.717, 1.165) is 10.3 Å². The van der Waals surface area contributed by atoms with E-state index < -0.39 is 0 Å². The Morgan fingerprint density at radius 3 is 2.56 bits per heavy atom. The second kappa shape index (κ2) is 7.55. The molecule has 0 bridgehead atoms. The van der Waals surface area contributed by atoms with Gasteiger partial charge in [-0.25, -0.2) is 4.79 Å². The number of hydrogen-bond donors (Lipinski definition) is 0. The van der Waals surface area contributed by atoms with Crippen LogP contribution in [0.1, 0.15) is 18.1 Å². The Hall–Kier alpha value is -2.62. The summed E-state index contributed by atoms with van der Waals surface area (Å²) in [6.45, 7) is 2.11. The van der Waals surface area contributed by atoms with Crippen molar-refractivity contribution >= 4 is 60.7 Å². The minimum absolute atomic E-state index is 0.313. The van der Waals surface area contributed by atoms with Crippen LogP contribution in [0.25, 0.3) is 31.8 Å². The van der Waals surface area contributed by atoms with E-state index in [1.54, 1.807) is 24.3 Å². The Morgan fingerprint density at radius 1 is 1.00 bits per heavy atom. The molecule has 2 nitrogen and oxygen atoms in total. The van der Waals surface area contributed by atoms with E-state index in [0.29, 0.717) is 22.8 Å². The highest BCUT2D eigenvalue weighted by Gasteiger charge is 2.17. The largest absolute Gasteiger partial charge is 0.462 e. The zero-order valence-corrected chi connectivity index (χ0v) is 16.3. The standard InChI is InChI=1S/C23H17ClO2S/c1-2-26-23(25)19(16-9-3-5-12-20(16)24)14-15-8-7-11-18-17-10-4-6-13-21(17)27-22(15)18/h3-14H,2H2,1H3/b19-14-. The van der Waals surface area contributed by atoms with Gasteiger partial charge in [-0.15, -0.1) is 11.3 Å². The van der Waals surface area contributed by atoms with E-state index >= 15 is 0 Å². The summed E-state index contributed by atoms with van der Waals surface area (Å²) in [7, 11) is 0. The first kappa shape index (κ1) is 17.8. The molecule has 134 valence electrons. The van der Waals surface area contributed by atoms with Gasteiger partial charge in [-0.3, -0.25) is 0 Å². The van der Waals surface area contributed by atoms with E-state index in [1.807, 2.05) is 48.5 Å². The molecule has 0 N–H and O–H groups in total. The summed E-state index contributed by atoms with van der Waals surface area (Å²) in [5.74, 6) is -0.372. The van der Waals surface area contributed by atoms with Crippen molar-refractivity contribution in [2.75, 3.05) is 6.61 Å². The average molecular weight is 393 g/mol. The lowest BCUT2D eigenvalue weighted by Crippen LogP contribution is -2.07. The summed E-state index contributed by atoms with van der Waals surface area (Å²) < 4.78 is 7.67. The molecule has 4 rings (SSSR count). The van der Waals surface area contributed by atoms with E-state index in [2.05, 4.69) is 18.2 Å². The second-order valence-corrected chi connectivity index (χ2v) is 7.54. The summed E-state index contributed by atoms with van der Waals surface area (Å²) in [6.07, 6.45) is 1.89. The molecule has 0 saturated carbocycles. The van der Waals surface area contributed by atoms with Gasteiger partial charge >= 0.3 is 5.97 Å². The maximum absolute atomic E-state index is 12.7. The molecule has 27 heavy (non-hydrogen) atoms. The first-order valence-electron chi connectivity index (χ1n) is 8.73. The zero-order chi connectivity index (χ0) is 18.8. The van der Waals surface area contributed by atoms with Gasteiger partial charge < -0.3 is 4.74 Å². The number of carbonyl (C=O) groups is 1. The van der Waals surface area contributed by atoms with Crippen molar-refractivity contribution in [2.45, 2.75) is 6.92 Å². The van der Waals surface area contributed by atoms with Crippen LogP contribution >= 0.6 is 22.9 Å². The summed E-state index contributed by atoms with van der Waals surface area (Å²) in [4.78, 5) is 12.7. The van der Waals surface area contributed by atoms with Gasteiger partial charge in [-0.1, -0.05) is 66.2 Å². The summed E-state index contributed by atoms with van der Waals surface area (Å²) >= 11 is 8.09. The minimum Gasteiger partial charge on any atom is -0.462 e. The topological polar surface area (TPSA) is 26.3 Å². The fraction of sp³-hybridized carbons (Fsp3) is 0.0870. The van der Waals surface area contributed by atoms with E-state index in [9.17, 15) is 4.79 Å². The van der Waals surface area contributed by atoms with Crippen LogP contribution in [0.2, 0.25) is 5.02 Å². The van der Waals surface area contributed by atoms with Crippen molar-refractivity contribution in [3.05, 3.63) is 82.9 Å². The normalized spacial score (nSPS) is 11.9. The molecule has 0 spiro atoms. The number of thiophene rings is 1. The maximum Gasteiger partial charge on any atom is 0.338 e. The monoisotopic (exact) mass is 392 g/mol. The van der Waals surface area contributed by atoms with Crippen LogP contribution in [0.15, 0.2) is 66.7 Å². The highest BCUT2D eigenvalue weighted by Crippen LogP contribution is 2.37. The van der Waals surface area contributed by atoms with Crippen molar-refractivity contribution in [3.8, 4) is 0 Å². The first-order valence-corrected chi connectivity index (χ1v) is 9.92. The van der Waals surface area contributed by atoms with Crippen LogP contribution < -0.4 is 0 Å². The molecule has 0 unspecified atom stereocenters. The number of ether oxygens (including phenoxy) is 1. The fourth-order valence-corrected chi connectivity index (χ4v) is 4.60. The van der Waals surface area contributed by atoms with Gasteiger partial charge in [0, 0.05) is 30.8 Å². The van der Waals surface area contributed by atoms with Gasteiger partial charge in [0.1, 0.15) is 0 Å². The predicted octanol–water partition coefficient (Wildman–Crippen LogP) is 6.81. The third-order valence-electron chi connectivity index (χ3n) is 4.39. The number of carbonyl (C=O) groups excluding carboxylic acids is 1. The van der Waals surface area contributed by atoms with Crippen molar-refractivity contribution in [1.29, 1.82) is 0 Å². The molecule has 0 amide bonds. The van der Waals surface area contributed by atoms with Crippen LogP contribution in [0.4, 0.5) is 0 Å². The Kier molecular flexibility index (Phi) is 4.97. The zero-order valence-electron chi connectivity index (χ0n) is 14.7. The first-order chi connectivity index (χ1) is 13.2. The summed E-state index contributed by atoms with van der Waals surface area (Å²) in [5, 5.41) is 2.94. The molecule has 1 aromatic heterocycles. The van der Waals surface area contributed by atoms with Gasteiger partial charge in [0.15, 0.2) is 0 Å². The molecule has 0 fully saturated rings. The number of esters is 1. The molecule has 0 aliphatic heterocycles. The number of rotatable bonds is 4. The van der Waals surface area contributed by atoms with Gasteiger partial charge in [0.25, 0.3) is 0 Å². The molecule has 0 radical (unpaired) electrons. The van der Waals surface area contributed by atoms with Crippen LogP contribution in [0.5, 0.6) is 0 Å². The molecule has 4 aromatic rings. The Bertz CT molecular complexity index is 1170. The van der Waals surface area contributed by atoms with Gasteiger partial charge in [-0.2, -0.15) is 0 Å². The molecular weight excluding hydrogens is 376 g/mol. The summed E-state index contributed by atoms with van der Waals surface area (Å²) in [5.41, 5.74) is 2.12. The highest BCUT2D eigenvalue weighted by molar-refractivity contribution is 7.26. The van der Waals surface area contributed by atoms with E-state index in [-0.39, 0.29) is 5.97 Å². The smallest absolute Gasteiger partial charge is 0.338 e. The fourth-order valence-electron chi connectivity index (χ4n) is 3.17. The van der Waals surface area contributed by atoms with Crippen molar-refractivity contribution in [1.82, 2.24) is 0 Å². The van der Waals surface area contributed by atoms with Crippen LogP contribution in [0, 0.1) is 0 Å². The molecule has 3 aromatic carbocycles. The molecule has 0 saturated heterocycles. The quantitative estimate of drug-likeness (QED) is 0.216. The van der Waals surface area contributed by atoms with E-state index in [4.69, 9.17) is 16.3 Å². The number of benzene rings is 3. The lowest BCUT2D eigenvalue weighted by atomic mass is 10.0. The minimum atomic E-state index is -0.372. The van der Waals surface area contributed by atoms with Crippen LogP contribution in [-0.2, 0) is 9.53 Å². The van der Waals surface area contributed by atoms with Crippen molar-refractivity contribution in [2.24, 2.45) is 0 Å². The maximum atomic E-state index is 12.7. The highest BCUT2D eigenvalue weighted by atomic mass is 35.5. The summed E-state index contributed by atoms with van der Waals surface area (Å²) in [6, 6.07) is 21.8. The molecule has 0 aliphatic rings. The molecule has 1 heterocycles. The molecule has 0 atom stereocenters. The number of hydrogen-bond acceptors (Lipinski definition) is 3. The van der Waals surface area contributed by atoms with Gasteiger partial charge in [0.05, 0.1) is 12.2 Å². The number of halogens is 1. The second-order valence-electron chi connectivity index (χ2n) is 6.08. The van der Waals surface area contributed by atoms with Crippen molar-refractivity contribution in [3.63, 3.8) is 0 Å². The molecule has 0 aliphatic carbocycles.